The maximum Gasteiger partial charge on any atom is 0.272 e. The Morgan fingerprint density at radius 2 is 2.00 bits per heavy atom. The number of hydrogen-bond acceptors (Lipinski definition) is 5. The minimum absolute atomic E-state index is 0.0867. The summed E-state index contributed by atoms with van der Waals surface area (Å²) in [6.07, 6.45) is 0.685. The first kappa shape index (κ1) is 21.6. The number of anilines is 1. The number of aryl methyl sites for hydroxylation is 1. The van der Waals surface area contributed by atoms with E-state index < -0.39 is 17.5 Å². The van der Waals surface area contributed by atoms with E-state index in [1.165, 1.54) is 22.4 Å². The molecule has 0 bridgehead atoms. The van der Waals surface area contributed by atoms with E-state index in [2.05, 4.69) is 10.3 Å². The predicted octanol–water partition coefficient (Wildman–Crippen LogP) is 4.59. The summed E-state index contributed by atoms with van der Waals surface area (Å²) >= 11 is 2.61. The third-order valence-electron chi connectivity index (χ3n) is 4.71. The zero-order chi connectivity index (χ0) is 22.1. The van der Waals surface area contributed by atoms with Gasteiger partial charge in [0.2, 0.25) is 5.91 Å². The highest BCUT2D eigenvalue weighted by Gasteiger charge is 2.27. The molecular weight excluding hydrogens is 440 g/mol. The zero-order valence-corrected chi connectivity index (χ0v) is 18.4. The van der Waals surface area contributed by atoms with E-state index in [1.54, 1.807) is 0 Å². The SMILES string of the molecule is Cc1ccc(-n2c(SCC(=O)Nc3ccc(F)cc3F)nc3c(c2=O)S[C@H](C)C3)cc1. The summed E-state index contributed by atoms with van der Waals surface area (Å²) in [5, 5.41) is 3.08. The fourth-order valence-electron chi connectivity index (χ4n) is 3.23. The van der Waals surface area contributed by atoms with Gasteiger partial charge in [0.15, 0.2) is 5.16 Å². The van der Waals surface area contributed by atoms with Crippen LogP contribution in [0.1, 0.15) is 18.2 Å². The van der Waals surface area contributed by atoms with Crippen LogP contribution in [-0.4, -0.2) is 26.5 Å². The zero-order valence-electron chi connectivity index (χ0n) is 16.8. The van der Waals surface area contributed by atoms with Crippen molar-refractivity contribution in [3.05, 3.63) is 75.7 Å². The molecule has 2 heterocycles. The number of carbonyl (C=O) groups excluding carboxylic acids is 1. The number of thioether (sulfide) groups is 2. The van der Waals surface area contributed by atoms with Crippen LogP contribution in [0.25, 0.3) is 5.69 Å². The Morgan fingerprint density at radius 1 is 1.26 bits per heavy atom. The third-order valence-corrected chi connectivity index (χ3v) is 6.86. The molecule has 0 unspecified atom stereocenters. The van der Waals surface area contributed by atoms with Gasteiger partial charge in [0.05, 0.1) is 27.7 Å². The lowest BCUT2D eigenvalue weighted by atomic mass is 10.2. The number of nitrogens with zero attached hydrogens (tertiary/aromatic N) is 2. The van der Waals surface area contributed by atoms with Gasteiger partial charge in [-0.1, -0.05) is 36.4 Å². The fraction of sp³-hybridized carbons (Fsp3) is 0.227. The highest BCUT2D eigenvalue weighted by Crippen LogP contribution is 2.35. The van der Waals surface area contributed by atoms with Crippen molar-refractivity contribution in [3.8, 4) is 5.69 Å². The van der Waals surface area contributed by atoms with Crippen LogP contribution in [0.4, 0.5) is 14.5 Å². The molecule has 0 spiro atoms. The molecule has 3 aromatic rings. The number of benzene rings is 2. The number of amides is 1. The summed E-state index contributed by atoms with van der Waals surface area (Å²) in [7, 11) is 0. The van der Waals surface area contributed by atoms with Crippen molar-refractivity contribution in [2.24, 2.45) is 0 Å². The summed E-state index contributed by atoms with van der Waals surface area (Å²) in [6, 6.07) is 10.4. The number of aromatic nitrogens is 2. The van der Waals surface area contributed by atoms with Gasteiger partial charge < -0.3 is 5.32 Å². The Labute approximate surface area is 186 Å². The Balaban J connectivity index is 1.62. The molecule has 0 aliphatic carbocycles. The Hall–Kier alpha value is -2.65. The molecule has 0 saturated heterocycles. The highest BCUT2D eigenvalue weighted by atomic mass is 32.2. The van der Waals surface area contributed by atoms with Crippen molar-refractivity contribution in [1.29, 1.82) is 0 Å². The molecule has 9 heteroatoms. The number of fused-ring (bicyclic) bond motifs is 1. The molecule has 1 N–H and O–H groups in total. The Morgan fingerprint density at radius 3 is 2.71 bits per heavy atom. The van der Waals surface area contributed by atoms with E-state index in [-0.39, 0.29) is 22.2 Å². The standard InChI is InChI=1S/C22H19F2N3O2S2/c1-12-3-6-15(7-4-12)27-21(29)20-18(9-13(2)31-20)26-22(27)30-11-19(28)25-17-8-5-14(23)10-16(17)24/h3-8,10,13H,9,11H2,1-2H3,(H,25,28)/t13-/m1/s1. The van der Waals surface area contributed by atoms with Crippen molar-refractivity contribution in [2.75, 3.05) is 11.1 Å². The van der Waals surface area contributed by atoms with Gasteiger partial charge in [-0.2, -0.15) is 0 Å². The smallest absolute Gasteiger partial charge is 0.272 e. The van der Waals surface area contributed by atoms with Crippen molar-refractivity contribution >= 4 is 35.1 Å². The van der Waals surface area contributed by atoms with Crippen LogP contribution >= 0.6 is 23.5 Å². The van der Waals surface area contributed by atoms with Crippen LogP contribution in [0.15, 0.2) is 57.3 Å². The van der Waals surface area contributed by atoms with Gasteiger partial charge in [0.1, 0.15) is 11.6 Å². The molecule has 0 radical (unpaired) electrons. The number of hydrogen-bond donors (Lipinski definition) is 1. The van der Waals surface area contributed by atoms with Crippen molar-refractivity contribution in [2.45, 2.75) is 35.6 Å². The summed E-state index contributed by atoms with van der Waals surface area (Å²) in [5.41, 5.74) is 2.20. The highest BCUT2D eigenvalue weighted by molar-refractivity contribution is 8.00. The first-order chi connectivity index (χ1) is 14.8. The molecule has 0 saturated carbocycles. The number of carbonyl (C=O) groups is 1. The van der Waals surface area contributed by atoms with Crippen molar-refractivity contribution < 1.29 is 13.6 Å². The molecule has 31 heavy (non-hydrogen) atoms. The van der Waals surface area contributed by atoms with E-state index in [4.69, 9.17) is 0 Å². The predicted molar refractivity (Wildman–Crippen MR) is 119 cm³/mol. The molecule has 0 fully saturated rings. The van der Waals surface area contributed by atoms with Gasteiger partial charge in [-0.3, -0.25) is 14.2 Å². The molecular formula is C22H19F2N3O2S2. The molecule has 160 valence electrons. The average Bonchev–Trinajstić information content (AvgIpc) is 3.10. The van der Waals surface area contributed by atoms with Gasteiger partial charge in [-0.05, 0) is 31.2 Å². The minimum atomic E-state index is -0.850. The van der Waals surface area contributed by atoms with Crippen LogP contribution in [0.5, 0.6) is 0 Å². The van der Waals surface area contributed by atoms with Gasteiger partial charge >= 0.3 is 0 Å². The first-order valence-corrected chi connectivity index (χ1v) is 11.5. The van der Waals surface area contributed by atoms with Gasteiger partial charge in [0.25, 0.3) is 5.56 Å². The van der Waals surface area contributed by atoms with Crippen molar-refractivity contribution in [1.82, 2.24) is 9.55 Å². The molecule has 5 nitrogen and oxygen atoms in total. The lowest BCUT2D eigenvalue weighted by Gasteiger charge is -2.14. The van der Waals surface area contributed by atoms with Crippen molar-refractivity contribution in [3.63, 3.8) is 0 Å². The molecule has 1 aliphatic heterocycles. The quantitative estimate of drug-likeness (QED) is 0.447. The normalized spacial score (nSPS) is 15.0. The molecule has 2 aromatic carbocycles. The van der Waals surface area contributed by atoms with Crippen LogP contribution in [0.2, 0.25) is 0 Å². The molecule has 1 atom stereocenters. The Kier molecular flexibility index (Phi) is 6.15. The number of rotatable bonds is 5. The molecule has 1 aromatic heterocycles. The lowest BCUT2D eigenvalue weighted by Crippen LogP contribution is -2.24. The third kappa shape index (κ3) is 4.67. The second-order valence-corrected chi connectivity index (χ2v) is 9.63. The average molecular weight is 460 g/mol. The first-order valence-electron chi connectivity index (χ1n) is 9.59. The van der Waals surface area contributed by atoms with Crippen LogP contribution < -0.4 is 10.9 Å². The van der Waals surface area contributed by atoms with E-state index >= 15 is 0 Å². The lowest BCUT2D eigenvalue weighted by molar-refractivity contribution is -0.113. The summed E-state index contributed by atoms with van der Waals surface area (Å²) in [5.74, 6) is -2.14. The maximum atomic E-state index is 13.8. The van der Waals surface area contributed by atoms with Crippen LogP contribution in [0, 0.1) is 18.6 Å². The summed E-state index contributed by atoms with van der Waals surface area (Å²) in [6.45, 7) is 4.00. The van der Waals surface area contributed by atoms with Gasteiger partial charge in [-0.15, -0.1) is 11.8 Å². The van der Waals surface area contributed by atoms with E-state index in [9.17, 15) is 18.4 Å². The largest absolute Gasteiger partial charge is 0.323 e. The van der Waals surface area contributed by atoms with E-state index in [1.807, 2.05) is 38.1 Å². The van der Waals surface area contributed by atoms with Crippen LogP contribution in [-0.2, 0) is 11.2 Å². The fourth-order valence-corrected chi connectivity index (χ4v) is 5.15. The second-order valence-electron chi connectivity index (χ2n) is 7.24. The van der Waals surface area contributed by atoms with E-state index in [0.29, 0.717) is 28.2 Å². The summed E-state index contributed by atoms with van der Waals surface area (Å²) in [4.78, 5) is 30.9. The molecule has 1 aliphatic rings. The maximum absolute atomic E-state index is 13.8. The number of nitrogens with one attached hydrogen (secondary N) is 1. The summed E-state index contributed by atoms with van der Waals surface area (Å²) < 4.78 is 28.4. The monoisotopic (exact) mass is 459 g/mol. The van der Waals surface area contributed by atoms with Gasteiger partial charge in [0, 0.05) is 17.7 Å². The Bertz CT molecular complexity index is 1210. The topological polar surface area (TPSA) is 64.0 Å². The molecule has 1 amide bonds. The van der Waals surface area contributed by atoms with Gasteiger partial charge in [-0.25, -0.2) is 13.8 Å². The second kappa shape index (κ2) is 8.84. The van der Waals surface area contributed by atoms with E-state index in [0.717, 1.165) is 29.1 Å². The number of halogens is 2. The minimum Gasteiger partial charge on any atom is -0.323 e. The molecule has 4 rings (SSSR count). The van der Waals surface area contributed by atoms with Crippen LogP contribution in [0.3, 0.4) is 0 Å².